The van der Waals surface area contributed by atoms with Gasteiger partial charge in [0.2, 0.25) is 21.8 Å². The van der Waals surface area contributed by atoms with Crippen LogP contribution < -0.4 is 9.62 Å². The van der Waals surface area contributed by atoms with Crippen LogP contribution in [0.15, 0.2) is 72.8 Å². The van der Waals surface area contributed by atoms with E-state index in [2.05, 4.69) is 5.32 Å². The van der Waals surface area contributed by atoms with Crippen molar-refractivity contribution in [2.24, 2.45) is 0 Å². The van der Waals surface area contributed by atoms with Crippen molar-refractivity contribution in [3.63, 3.8) is 0 Å². The average Bonchev–Trinajstić information content (AvgIpc) is 2.90. The molecule has 0 radical (unpaired) electrons. The van der Waals surface area contributed by atoms with Gasteiger partial charge in [0.05, 0.1) is 11.9 Å². The molecule has 3 rings (SSSR count). The number of anilines is 1. The zero-order valence-corrected chi connectivity index (χ0v) is 24.8. The van der Waals surface area contributed by atoms with E-state index in [1.807, 2.05) is 44.2 Å². The highest BCUT2D eigenvalue weighted by Gasteiger charge is 2.33. The SMILES string of the molecule is CCC(C)NC(=O)C(Cc1ccccc1)N(Cc1ccc(Cl)cc1Cl)C(=O)CN(c1cccc(F)c1)S(C)(=O)=O. The molecule has 1 N–H and O–H groups in total. The Morgan fingerprint density at radius 2 is 1.70 bits per heavy atom. The van der Waals surface area contributed by atoms with Crippen molar-refractivity contribution in [1.82, 2.24) is 10.2 Å². The Balaban J connectivity index is 2.09. The summed E-state index contributed by atoms with van der Waals surface area (Å²) in [5, 5.41) is 3.64. The summed E-state index contributed by atoms with van der Waals surface area (Å²) in [5.74, 6) is -1.72. The second-order valence-corrected chi connectivity index (χ2v) is 12.3. The summed E-state index contributed by atoms with van der Waals surface area (Å²) >= 11 is 12.5. The maximum absolute atomic E-state index is 14.0. The molecule has 0 fully saturated rings. The van der Waals surface area contributed by atoms with Crippen molar-refractivity contribution in [1.29, 1.82) is 0 Å². The molecular weight excluding hydrogens is 576 g/mol. The largest absolute Gasteiger partial charge is 0.352 e. The molecule has 214 valence electrons. The highest BCUT2D eigenvalue weighted by molar-refractivity contribution is 7.92. The highest BCUT2D eigenvalue weighted by Crippen LogP contribution is 2.25. The van der Waals surface area contributed by atoms with Crippen LogP contribution >= 0.6 is 23.2 Å². The lowest BCUT2D eigenvalue weighted by atomic mass is 10.0. The number of sulfonamides is 1. The third-order valence-electron chi connectivity index (χ3n) is 6.40. The van der Waals surface area contributed by atoms with Crippen molar-refractivity contribution in [3.8, 4) is 0 Å². The van der Waals surface area contributed by atoms with Crippen molar-refractivity contribution in [3.05, 3.63) is 99.8 Å². The number of halogens is 3. The van der Waals surface area contributed by atoms with E-state index in [9.17, 15) is 22.4 Å². The number of rotatable bonds is 12. The molecule has 11 heteroatoms. The predicted molar refractivity (Wildman–Crippen MR) is 157 cm³/mol. The summed E-state index contributed by atoms with van der Waals surface area (Å²) < 4.78 is 40.3. The Morgan fingerprint density at radius 3 is 2.30 bits per heavy atom. The van der Waals surface area contributed by atoms with Crippen LogP contribution in [0.2, 0.25) is 10.0 Å². The van der Waals surface area contributed by atoms with E-state index in [-0.39, 0.29) is 29.7 Å². The van der Waals surface area contributed by atoms with Crippen LogP contribution in [0.5, 0.6) is 0 Å². The summed E-state index contributed by atoms with van der Waals surface area (Å²) in [7, 11) is -4.00. The van der Waals surface area contributed by atoms with Crippen molar-refractivity contribution in [2.45, 2.75) is 45.3 Å². The first-order valence-corrected chi connectivity index (χ1v) is 15.3. The van der Waals surface area contributed by atoms with E-state index in [0.717, 1.165) is 22.2 Å². The maximum Gasteiger partial charge on any atom is 0.244 e. The second kappa shape index (κ2) is 14.0. The van der Waals surface area contributed by atoms with Gasteiger partial charge in [0, 0.05) is 29.1 Å². The van der Waals surface area contributed by atoms with Crippen LogP contribution in [0.4, 0.5) is 10.1 Å². The Labute approximate surface area is 244 Å². The van der Waals surface area contributed by atoms with E-state index >= 15 is 0 Å². The number of nitrogens with one attached hydrogen (secondary N) is 1. The summed E-state index contributed by atoms with van der Waals surface area (Å²) in [6.45, 7) is 3.03. The average molecular weight is 609 g/mol. The van der Waals surface area contributed by atoms with Gasteiger partial charge in [-0.1, -0.05) is 72.6 Å². The molecule has 0 saturated heterocycles. The van der Waals surface area contributed by atoms with E-state index in [1.165, 1.54) is 29.2 Å². The molecule has 0 aromatic heterocycles. The molecule has 7 nitrogen and oxygen atoms in total. The molecule has 40 heavy (non-hydrogen) atoms. The topological polar surface area (TPSA) is 86.8 Å². The van der Waals surface area contributed by atoms with E-state index < -0.39 is 40.2 Å². The Hall–Kier alpha value is -3.14. The Bertz CT molecular complexity index is 1440. The minimum Gasteiger partial charge on any atom is -0.352 e. The number of benzene rings is 3. The van der Waals surface area contributed by atoms with Crippen LogP contribution in [0.3, 0.4) is 0 Å². The number of carbonyl (C=O) groups is 2. The van der Waals surface area contributed by atoms with Gasteiger partial charge in [0.15, 0.2) is 0 Å². The number of hydrogen-bond donors (Lipinski definition) is 1. The molecule has 3 aromatic rings. The number of carbonyl (C=O) groups excluding carboxylic acids is 2. The van der Waals surface area contributed by atoms with Crippen LogP contribution in [0.25, 0.3) is 0 Å². The van der Waals surface area contributed by atoms with E-state index in [4.69, 9.17) is 23.2 Å². The minimum atomic E-state index is -4.00. The zero-order valence-electron chi connectivity index (χ0n) is 22.5. The van der Waals surface area contributed by atoms with Gasteiger partial charge in [-0.2, -0.15) is 0 Å². The number of hydrogen-bond acceptors (Lipinski definition) is 4. The summed E-state index contributed by atoms with van der Waals surface area (Å²) in [6.07, 6.45) is 1.77. The first-order chi connectivity index (χ1) is 18.9. The molecule has 0 spiro atoms. The summed E-state index contributed by atoms with van der Waals surface area (Å²) in [6, 6.07) is 17.8. The van der Waals surface area contributed by atoms with Crippen LogP contribution in [-0.2, 0) is 32.6 Å². The van der Waals surface area contributed by atoms with Gasteiger partial charge in [0.25, 0.3) is 0 Å². The monoisotopic (exact) mass is 607 g/mol. The molecule has 0 saturated carbocycles. The fourth-order valence-corrected chi connectivity index (χ4v) is 5.38. The quantitative estimate of drug-likeness (QED) is 0.296. The van der Waals surface area contributed by atoms with Crippen molar-refractivity contribution in [2.75, 3.05) is 17.1 Å². The second-order valence-electron chi connectivity index (χ2n) is 9.53. The molecule has 2 atom stereocenters. The third kappa shape index (κ3) is 8.68. The Kier molecular flexibility index (Phi) is 11.0. The molecule has 0 aliphatic carbocycles. The molecular formula is C29H32Cl2FN3O4S. The maximum atomic E-state index is 14.0. The van der Waals surface area contributed by atoms with Crippen molar-refractivity contribution < 1.29 is 22.4 Å². The van der Waals surface area contributed by atoms with Gasteiger partial charge < -0.3 is 10.2 Å². The van der Waals surface area contributed by atoms with Crippen LogP contribution in [0.1, 0.15) is 31.4 Å². The van der Waals surface area contributed by atoms with Gasteiger partial charge in [-0.25, -0.2) is 12.8 Å². The normalized spacial score (nSPS) is 12.8. The fourth-order valence-electron chi connectivity index (χ4n) is 4.07. The molecule has 0 aliphatic rings. The summed E-state index contributed by atoms with van der Waals surface area (Å²) in [5.41, 5.74) is 1.31. The third-order valence-corrected chi connectivity index (χ3v) is 8.13. The van der Waals surface area contributed by atoms with E-state index in [0.29, 0.717) is 17.0 Å². The molecule has 3 aromatic carbocycles. The lowest BCUT2D eigenvalue weighted by Gasteiger charge is -2.34. The summed E-state index contributed by atoms with van der Waals surface area (Å²) in [4.78, 5) is 29.0. The van der Waals surface area contributed by atoms with Gasteiger partial charge >= 0.3 is 0 Å². The van der Waals surface area contributed by atoms with Crippen LogP contribution in [0, 0.1) is 5.82 Å². The minimum absolute atomic E-state index is 0.0102. The van der Waals surface area contributed by atoms with E-state index in [1.54, 1.807) is 12.1 Å². The predicted octanol–water partition coefficient (Wildman–Crippen LogP) is 5.45. The smallest absolute Gasteiger partial charge is 0.244 e. The lowest BCUT2D eigenvalue weighted by molar-refractivity contribution is -0.140. The highest BCUT2D eigenvalue weighted by atomic mass is 35.5. The fraction of sp³-hybridized carbons (Fsp3) is 0.310. The van der Waals surface area contributed by atoms with Gasteiger partial charge in [-0.15, -0.1) is 0 Å². The van der Waals surface area contributed by atoms with Gasteiger partial charge in [-0.3, -0.25) is 13.9 Å². The molecule has 2 amide bonds. The molecule has 2 unspecified atom stereocenters. The zero-order chi connectivity index (χ0) is 29.4. The lowest BCUT2D eigenvalue weighted by Crippen LogP contribution is -2.54. The molecule has 0 aliphatic heterocycles. The molecule has 0 bridgehead atoms. The molecule has 0 heterocycles. The number of amides is 2. The van der Waals surface area contributed by atoms with Gasteiger partial charge in [0.1, 0.15) is 18.4 Å². The number of nitrogens with zero attached hydrogens (tertiary/aromatic N) is 2. The van der Waals surface area contributed by atoms with Crippen molar-refractivity contribution >= 4 is 50.7 Å². The Morgan fingerprint density at radius 1 is 1.00 bits per heavy atom. The first-order valence-electron chi connectivity index (χ1n) is 12.7. The standard InChI is InChI=1S/C29H32Cl2FN3O4S/c1-4-20(2)33-29(37)27(15-21-9-6-5-7-10-21)34(18-22-13-14-23(30)16-26(22)31)28(36)19-35(40(3,38)39)25-12-8-11-24(32)17-25/h5-14,16-17,20,27H,4,15,18-19H2,1-3H3,(H,33,37). The van der Waals surface area contributed by atoms with Gasteiger partial charge in [-0.05, 0) is 54.8 Å². The van der Waals surface area contributed by atoms with Crippen LogP contribution in [-0.4, -0.2) is 50.0 Å². The first kappa shape index (κ1) is 31.4.